The molecule has 3 N–H and O–H groups in total. The van der Waals surface area contributed by atoms with Crippen LogP contribution in [0.25, 0.3) is 0 Å². The molecule has 1 aliphatic rings. The molecule has 0 fully saturated rings. The van der Waals surface area contributed by atoms with Crippen LogP contribution in [0.2, 0.25) is 0 Å². The van der Waals surface area contributed by atoms with Gasteiger partial charge in [0.05, 0.1) is 19.1 Å². The molecule has 110 valence electrons. The van der Waals surface area contributed by atoms with E-state index in [1.54, 1.807) is 6.07 Å². The molecule has 0 saturated heterocycles. The minimum absolute atomic E-state index is 0.0381. The average Bonchev–Trinajstić information content (AvgIpc) is 2.69. The van der Waals surface area contributed by atoms with Crippen LogP contribution in [0.1, 0.15) is 26.2 Å². The van der Waals surface area contributed by atoms with Gasteiger partial charge in [0.25, 0.3) is 0 Å². The summed E-state index contributed by atoms with van der Waals surface area (Å²) in [4.78, 5) is 12.1. The van der Waals surface area contributed by atoms with E-state index in [0.29, 0.717) is 31.2 Å². The van der Waals surface area contributed by atoms with Crippen LogP contribution in [-0.2, 0) is 4.79 Å². The van der Waals surface area contributed by atoms with Crippen LogP contribution < -0.4 is 20.5 Å². The smallest absolute Gasteiger partial charge is 0.228 e. The standard InChI is InChI=1S/C15H22N2O3/c1-2-4-11(10-16)15(18)17-12-5-6-13-14(9-12)20-8-3-7-19-13/h5-6,9,11H,2-4,7-8,10,16H2,1H3,(H,17,18). The molecule has 1 amide bonds. The highest BCUT2D eigenvalue weighted by Crippen LogP contribution is 2.32. The van der Waals surface area contributed by atoms with Gasteiger partial charge in [0.1, 0.15) is 0 Å². The highest BCUT2D eigenvalue weighted by molar-refractivity contribution is 5.93. The molecule has 1 aliphatic heterocycles. The Bertz CT molecular complexity index is 462. The summed E-state index contributed by atoms with van der Waals surface area (Å²) >= 11 is 0. The Morgan fingerprint density at radius 3 is 2.80 bits per heavy atom. The van der Waals surface area contributed by atoms with E-state index in [2.05, 4.69) is 5.32 Å². The highest BCUT2D eigenvalue weighted by Gasteiger charge is 2.17. The van der Waals surface area contributed by atoms with Crippen LogP contribution in [0, 0.1) is 5.92 Å². The van der Waals surface area contributed by atoms with Crippen molar-refractivity contribution in [2.75, 3.05) is 25.1 Å². The number of amides is 1. The second-order valence-electron chi connectivity index (χ2n) is 4.92. The van der Waals surface area contributed by atoms with Gasteiger partial charge < -0.3 is 20.5 Å². The summed E-state index contributed by atoms with van der Waals surface area (Å²) in [5.41, 5.74) is 6.36. The third kappa shape index (κ3) is 3.63. The number of hydrogen-bond acceptors (Lipinski definition) is 4. The van der Waals surface area contributed by atoms with Gasteiger partial charge in [0, 0.05) is 24.7 Å². The lowest BCUT2D eigenvalue weighted by Gasteiger charge is -2.15. The van der Waals surface area contributed by atoms with E-state index in [1.165, 1.54) is 0 Å². The van der Waals surface area contributed by atoms with Gasteiger partial charge in [0.15, 0.2) is 11.5 Å². The lowest BCUT2D eigenvalue weighted by molar-refractivity contribution is -0.119. The van der Waals surface area contributed by atoms with Gasteiger partial charge in [0.2, 0.25) is 5.91 Å². The van der Waals surface area contributed by atoms with E-state index >= 15 is 0 Å². The lowest BCUT2D eigenvalue weighted by atomic mass is 10.0. The van der Waals surface area contributed by atoms with Crippen LogP contribution in [0.5, 0.6) is 11.5 Å². The Morgan fingerprint density at radius 2 is 2.10 bits per heavy atom. The summed E-state index contributed by atoms with van der Waals surface area (Å²) in [6.07, 6.45) is 2.60. The maximum absolute atomic E-state index is 12.1. The SMILES string of the molecule is CCCC(CN)C(=O)Nc1ccc2c(c1)OCCCO2. The molecule has 1 unspecified atom stereocenters. The van der Waals surface area contributed by atoms with Gasteiger partial charge >= 0.3 is 0 Å². The Morgan fingerprint density at radius 1 is 1.35 bits per heavy atom. The first kappa shape index (κ1) is 14.7. The molecular weight excluding hydrogens is 256 g/mol. The highest BCUT2D eigenvalue weighted by atomic mass is 16.5. The van der Waals surface area contributed by atoms with E-state index < -0.39 is 0 Å². The molecule has 5 heteroatoms. The quantitative estimate of drug-likeness (QED) is 0.865. The number of carbonyl (C=O) groups excluding carboxylic acids is 1. The van der Waals surface area contributed by atoms with E-state index in [9.17, 15) is 4.79 Å². The molecule has 1 aromatic carbocycles. The van der Waals surface area contributed by atoms with Gasteiger partial charge in [-0.3, -0.25) is 4.79 Å². The molecule has 0 saturated carbocycles. The summed E-state index contributed by atoms with van der Waals surface area (Å²) in [5.74, 6) is 1.23. The molecule has 0 aliphatic carbocycles. The van der Waals surface area contributed by atoms with Crippen LogP contribution >= 0.6 is 0 Å². The average molecular weight is 278 g/mol. The molecule has 0 spiro atoms. The minimum Gasteiger partial charge on any atom is -0.490 e. The number of carbonyl (C=O) groups is 1. The Kier molecular flexibility index (Phi) is 5.24. The number of benzene rings is 1. The molecule has 1 heterocycles. The fourth-order valence-corrected chi connectivity index (χ4v) is 2.19. The van der Waals surface area contributed by atoms with Crippen molar-refractivity contribution in [3.8, 4) is 11.5 Å². The van der Waals surface area contributed by atoms with Gasteiger partial charge in [-0.1, -0.05) is 13.3 Å². The van der Waals surface area contributed by atoms with E-state index in [-0.39, 0.29) is 11.8 Å². The second kappa shape index (κ2) is 7.14. The van der Waals surface area contributed by atoms with Gasteiger partial charge in [-0.25, -0.2) is 0 Å². The van der Waals surface area contributed by atoms with Crippen molar-refractivity contribution in [2.45, 2.75) is 26.2 Å². The van der Waals surface area contributed by atoms with Crippen LogP contribution in [0.15, 0.2) is 18.2 Å². The molecule has 2 rings (SSSR count). The van der Waals surface area contributed by atoms with Gasteiger partial charge in [-0.05, 0) is 18.6 Å². The Labute approximate surface area is 119 Å². The second-order valence-corrected chi connectivity index (χ2v) is 4.92. The van der Waals surface area contributed by atoms with Crippen molar-refractivity contribution in [3.05, 3.63) is 18.2 Å². The first-order valence-corrected chi connectivity index (χ1v) is 7.15. The van der Waals surface area contributed by atoms with Crippen molar-refractivity contribution >= 4 is 11.6 Å². The predicted octanol–water partition coefficient (Wildman–Crippen LogP) is 2.16. The topological polar surface area (TPSA) is 73.6 Å². The zero-order valence-corrected chi connectivity index (χ0v) is 11.9. The molecule has 5 nitrogen and oxygen atoms in total. The van der Waals surface area contributed by atoms with E-state index in [0.717, 1.165) is 25.0 Å². The van der Waals surface area contributed by atoms with Crippen molar-refractivity contribution in [1.29, 1.82) is 0 Å². The molecule has 0 aromatic heterocycles. The minimum atomic E-state index is -0.143. The number of ether oxygens (including phenoxy) is 2. The molecular formula is C15H22N2O3. The molecule has 0 radical (unpaired) electrons. The first-order valence-electron chi connectivity index (χ1n) is 7.15. The van der Waals surface area contributed by atoms with E-state index in [1.807, 2.05) is 19.1 Å². The van der Waals surface area contributed by atoms with Crippen LogP contribution in [0.3, 0.4) is 0 Å². The van der Waals surface area contributed by atoms with Gasteiger partial charge in [-0.2, -0.15) is 0 Å². The summed E-state index contributed by atoms with van der Waals surface area (Å²) in [5, 5.41) is 2.89. The third-order valence-electron chi connectivity index (χ3n) is 3.31. The first-order chi connectivity index (χ1) is 9.74. The summed E-state index contributed by atoms with van der Waals surface area (Å²) in [7, 11) is 0. The number of anilines is 1. The molecule has 1 atom stereocenters. The summed E-state index contributed by atoms with van der Waals surface area (Å²) in [6, 6.07) is 5.45. The number of nitrogens with two attached hydrogens (primary N) is 1. The normalized spacial score (nSPS) is 15.3. The fourth-order valence-electron chi connectivity index (χ4n) is 2.19. The zero-order chi connectivity index (χ0) is 14.4. The van der Waals surface area contributed by atoms with Crippen molar-refractivity contribution in [3.63, 3.8) is 0 Å². The lowest BCUT2D eigenvalue weighted by Crippen LogP contribution is -2.29. The fraction of sp³-hybridized carbons (Fsp3) is 0.533. The van der Waals surface area contributed by atoms with Crippen molar-refractivity contribution in [2.24, 2.45) is 11.7 Å². The largest absolute Gasteiger partial charge is 0.490 e. The van der Waals surface area contributed by atoms with Crippen LogP contribution in [0.4, 0.5) is 5.69 Å². The maximum Gasteiger partial charge on any atom is 0.228 e. The third-order valence-corrected chi connectivity index (χ3v) is 3.31. The Balaban J connectivity index is 2.06. The number of fused-ring (bicyclic) bond motifs is 1. The number of hydrogen-bond donors (Lipinski definition) is 2. The number of nitrogens with one attached hydrogen (secondary N) is 1. The molecule has 20 heavy (non-hydrogen) atoms. The zero-order valence-electron chi connectivity index (χ0n) is 11.9. The Hall–Kier alpha value is -1.75. The van der Waals surface area contributed by atoms with Crippen LogP contribution in [-0.4, -0.2) is 25.7 Å². The summed E-state index contributed by atoms with van der Waals surface area (Å²) in [6.45, 7) is 3.70. The van der Waals surface area contributed by atoms with Crippen molar-refractivity contribution < 1.29 is 14.3 Å². The van der Waals surface area contributed by atoms with E-state index in [4.69, 9.17) is 15.2 Å². The monoisotopic (exact) mass is 278 g/mol. The van der Waals surface area contributed by atoms with Gasteiger partial charge in [-0.15, -0.1) is 0 Å². The molecule has 1 aromatic rings. The maximum atomic E-state index is 12.1. The van der Waals surface area contributed by atoms with Crippen molar-refractivity contribution in [1.82, 2.24) is 0 Å². The summed E-state index contributed by atoms with van der Waals surface area (Å²) < 4.78 is 11.2. The molecule has 0 bridgehead atoms. The number of rotatable bonds is 5. The predicted molar refractivity (Wildman–Crippen MR) is 78.1 cm³/mol.